The van der Waals surface area contributed by atoms with Gasteiger partial charge in [-0.25, -0.2) is 5.43 Å². The minimum atomic E-state index is -4.30. The zero-order valence-corrected chi connectivity index (χ0v) is 12.8. The van der Waals surface area contributed by atoms with Crippen molar-refractivity contribution < 1.29 is 13.2 Å². The highest BCUT2D eigenvalue weighted by Crippen LogP contribution is 2.32. The predicted octanol–water partition coefficient (Wildman–Crippen LogP) is 1.75. The van der Waals surface area contributed by atoms with Gasteiger partial charge in [-0.15, -0.1) is 0 Å². The van der Waals surface area contributed by atoms with Crippen LogP contribution < -0.4 is 16.6 Å². The third-order valence-electron chi connectivity index (χ3n) is 4.31. The summed E-state index contributed by atoms with van der Waals surface area (Å²) in [6.45, 7) is 4.23. The first-order valence-corrected chi connectivity index (χ1v) is 7.38. The van der Waals surface area contributed by atoms with Crippen LogP contribution in [0.15, 0.2) is 24.3 Å². The third kappa shape index (κ3) is 3.98. The fourth-order valence-electron chi connectivity index (χ4n) is 2.67. The molecule has 0 aliphatic carbocycles. The molecule has 22 heavy (non-hydrogen) atoms. The summed E-state index contributed by atoms with van der Waals surface area (Å²) in [7, 11) is 2.01. The van der Waals surface area contributed by atoms with E-state index in [1.165, 1.54) is 0 Å². The maximum atomic E-state index is 12.6. The van der Waals surface area contributed by atoms with Gasteiger partial charge in [-0.2, -0.15) is 13.2 Å². The van der Waals surface area contributed by atoms with Crippen LogP contribution in [-0.4, -0.2) is 37.6 Å². The molecule has 0 radical (unpaired) electrons. The van der Waals surface area contributed by atoms with Gasteiger partial charge < -0.3 is 10.6 Å². The number of hydrogen-bond donors (Lipinski definition) is 3. The van der Waals surface area contributed by atoms with Gasteiger partial charge in [-0.1, -0.05) is 12.1 Å². The average Bonchev–Trinajstić information content (AvgIpc) is 2.93. The van der Waals surface area contributed by atoms with Crippen LogP contribution in [0.1, 0.15) is 24.1 Å². The fourth-order valence-corrected chi connectivity index (χ4v) is 2.67. The topological polar surface area (TPSA) is 53.3 Å². The molecule has 4 N–H and O–H groups in total. The van der Waals surface area contributed by atoms with Crippen molar-refractivity contribution in [3.05, 3.63) is 35.4 Å². The van der Waals surface area contributed by atoms with Gasteiger partial charge in [-0.05, 0) is 31.7 Å². The van der Waals surface area contributed by atoms with E-state index in [-0.39, 0.29) is 18.0 Å². The maximum Gasteiger partial charge on any atom is 0.416 e. The molecule has 0 bridgehead atoms. The lowest BCUT2D eigenvalue weighted by Crippen LogP contribution is -2.40. The average molecular weight is 316 g/mol. The molecule has 1 aromatic rings. The van der Waals surface area contributed by atoms with Crippen LogP contribution in [0.4, 0.5) is 13.2 Å². The van der Waals surface area contributed by atoms with E-state index in [2.05, 4.69) is 22.7 Å². The smallest absolute Gasteiger partial charge is 0.329 e. The van der Waals surface area contributed by atoms with Crippen molar-refractivity contribution in [2.24, 2.45) is 11.7 Å². The number of likely N-dealkylation sites (N-methyl/N-ethyl adjacent to an activating group) is 1. The van der Waals surface area contributed by atoms with Gasteiger partial charge in [0.15, 0.2) is 0 Å². The summed E-state index contributed by atoms with van der Waals surface area (Å²) in [6.07, 6.45) is -4.30. The number of rotatable bonds is 5. The summed E-state index contributed by atoms with van der Waals surface area (Å²) < 4.78 is 37.9. The Morgan fingerprint density at radius 2 is 1.95 bits per heavy atom. The first-order chi connectivity index (χ1) is 10.3. The third-order valence-corrected chi connectivity index (χ3v) is 4.31. The summed E-state index contributed by atoms with van der Waals surface area (Å²) in [5.41, 5.74) is 12.2. The lowest BCUT2D eigenvalue weighted by atomic mass is 9.93. The van der Waals surface area contributed by atoms with Crippen LogP contribution >= 0.6 is 0 Å². The SMILES string of the molecule is CC(CN)N(C)CC1CNNC1c1ccc(C(F)(F)F)cc1. The molecule has 7 heteroatoms. The lowest BCUT2D eigenvalue weighted by Gasteiger charge is -2.28. The number of nitrogens with zero attached hydrogens (tertiary/aromatic N) is 1. The Morgan fingerprint density at radius 3 is 2.50 bits per heavy atom. The normalized spacial score (nSPS) is 24.0. The van der Waals surface area contributed by atoms with Crippen molar-refractivity contribution in [1.82, 2.24) is 15.8 Å². The molecule has 1 heterocycles. The zero-order chi connectivity index (χ0) is 16.3. The summed E-state index contributed by atoms with van der Waals surface area (Å²) in [6, 6.07) is 5.64. The van der Waals surface area contributed by atoms with Crippen LogP contribution in [0, 0.1) is 5.92 Å². The molecule has 3 atom stereocenters. The molecular formula is C15H23F3N4. The largest absolute Gasteiger partial charge is 0.416 e. The van der Waals surface area contributed by atoms with Gasteiger partial charge in [0.05, 0.1) is 11.6 Å². The first-order valence-electron chi connectivity index (χ1n) is 7.38. The fraction of sp³-hybridized carbons (Fsp3) is 0.600. The Labute approximate surface area is 128 Å². The van der Waals surface area contributed by atoms with Crippen molar-refractivity contribution in [3.63, 3.8) is 0 Å². The molecule has 1 saturated heterocycles. The van der Waals surface area contributed by atoms with Crippen LogP contribution in [0.25, 0.3) is 0 Å². The zero-order valence-electron chi connectivity index (χ0n) is 12.8. The van der Waals surface area contributed by atoms with Crippen LogP contribution in [0.2, 0.25) is 0 Å². The molecule has 3 unspecified atom stereocenters. The second-order valence-electron chi connectivity index (χ2n) is 5.91. The first kappa shape index (κ1) is 17.2. The summed E-state index contributed by atoms with van der Waals surface area (Å²) in [5.74, 6) is 0.274. The van der Waals surface area contributed by atoms with Gasteiger partial charge in [0.25, 0.3) is 0 Å². The summed E-state index contributed by atoms with van der Waals surface area (Å²) in [4.78, 5) is 2.18. The van der Waals surface area contributed by atoms with Gasteiger partial charge in [0, 0.05) is 31.6 Å². The minimum absolute atomic E-state index is 0.00490. The number of hydrogen-bond acceptors (Lipinski definition) is 4. The van der Waals surface area contributed by atoms with E-state index in [4.69, 9.17) is 5.73 Å². The molecule has 0 aromatic heterocycles. The summed E-state index contributed by atoms with van der Waals surface area (Å²) in [5, 5.41) is 0. The van der Waals surface area contributed by atoms with E-state index in [1.807, 2.05) is 7.05 Å². The van der Waals surface area contributed by atoms with Gasteiger partial charge >= 0.3 is 6.18 Å². The second-order valence-corrected chi connectivity index (χ2v) is 5.91. The van der Waals surface area contributed by atoms with Gasteiger partial charge in [-0.3, -0.25) is 5.43 Å². The van der Waals surface area contributed by atoms with Crippen LogP contribution in [0.5, 0.6) is 0 Å². The molecule has 1 aromatic carbocycles. The van der Waals surface area contributed by atoms with Gasteiger partial charge in [0.1, 0.15) is 0 Å². The maximum absolute atomic E-state index is 12.6. The van der Waals surface area contributed by atoms with E-state index in [1.54, 1.807) is 12.1 Å². The molecule has 124 valence electrons. The Balaban J connectivity index is 2.07. The number of halogens is 3. The van der Waals surface area contributed by atoms with Crippen molar-refractivity contribution in [3.8, 4) is 0 Å². The molecule has 1 fully saturated rings. The van der Waals surface area contributed by atoms with E-state index >= 15 is 0 Å². The predicted molar refractivity (Wildman–Crippen MR) is 80.0 cm³/mol. The molecule has 2 rings (SSSR count). The number of benzene rings is 1. The van der Waals surface area contributed by atoms with Crippen molar-refractivity contribution in [2.75, 3.05) is 26.7 Å². The molecule has 4 nitrogen and oxygen atoms in total. The molecular weight excluding hydrogens is 293 g/mol. The lowest BCUT2D eigenvalue weighted by molar-refractivity contribution is -0.137. The van der Waals surface area contributed by atoms with E-state index < -0.39 is 11.7 Å². The standard InChI is InChI=1S/C15H23F3N4/c1-10(7-19)22(2)9-12-8-20-21-14(12)11-3-5-13(6-4-11)15(16,17)18/h3-6,10,12,14,20-21H,7-9,19H2,1-2H3. The van der Waals surface area contributed by atoms with E-state index in [0.29, 0.717) is 6.54 Å². The molecule has 1 aliphatic heterocycles. The molecule has 1 aliphatic rings. The van der Waals surface area contributed by atoms with Crippen molar-refractivity contribution in [2.45, 2.75) is 25.2 Å². The number of nitrogens with one attached hydrogen (secondary N) is 2. The second kappa shape index (κ2) is 6.95. The highest BCUT2D eigenvalue weighted by molar-refractivity contribution is 5.27. The van der Waals surface area contributed by atoms with Gasteiger partial charge in [0.2, 0.25) is 0 Å². The monoisotopic (exact) mass is 316 g/mol. The van der Waals surface area contributed by atoms with Crippen LogP contribution in [-0.2, 0) is 6.18 Å². The van der Waals surface area contributed by atoms with Crippen LogP contribution in [0.3, 0.4) is 0 Å². The van der Waals surface area contributed by atoms with E-state index in [9.17, 15) is 13.2 Å². The quantitative estimate of drug-likeness (QED) is 0.775. The molecule has 0 saturated carbocycles. The summed E-state index contributed by atoms with van der Waals surface area (Å²) >= 11 is 0. The Bertz CT molecular complexity index is 475. The minimum Gasteiger partial charge on any atom is -0.329 e. The van der Waals surface area contributed by atoms with E-state index in [0.717, 1.165) is 30.8 Å². The Hall–Kier alpha value is -1.15. The highest BCUT2D eigenvalue weighted by Gasteiger charge is 2.32. The van der Waals surface area contributed by atoms with Crippen molar-refractivity contribution in [1.29, 1.82) is 0 Å². The number of alkyl halides is 3. The number of hydrazine groups is 1. The van der Waals surface area contributed by atoms with Crippen molar-refractivity contribution >= 4 is 0 Å². The molecule has 0 amide bonds. The Kier molecular flexibility index (Phi) is 5.44. The molecule has 0 spiro atoms. The Morgan fingerprint density at radius 1 is 1.32 bits per heavy atom. The number of nitrogens with two attached hydrogens (primary N) is 1. The highest BCUT2D eigenvalue weighted by atomic mass is 19.4.